The van der Waals surface area contributed by atoms with E-state index in [0.29, 0.717) is 28.5 Å². The zero-order chi connectivity index (χ0) is 25.3. The van der Waals surface area contributed by atoms with Crippen LogP contribution in [-0.2, 0) is 19.2 Å². The molecule has 4 heterocycles. The van der Waals surface area contributed by atoms with Gasteiger partial charge in [-0.3, -0.25) is 19.7 Å². The predicted molar refractivity (Wildman–Crippen MR) is 122 cm³/mol. The number of amides is 2. The average Bonchev–Trinajstić information content (AvgIpc) is 3.63. The third-order valence-corrected chi connectivity index (χ3v) is 7.32. The second-order valence-electron chi connectivity index (χ2n) is 8.89. The Labute approximate surface area is 204 Å². The van der Waals surface area contributed by atoms with Crippen LogP contribution in [0.25, 0.3) is 0 Å². The van der Waals surface area contributed by atoms with Gasteiger partial charge in [-0.1, -0.05) is 5.16 Å². The van der Waals surface area contributed by atoms with E-state index < -0.39 is 46.9 Å². The molecule has 36 heavy (non-hydrogen) atoms. The lowest BCUT2D eigenvalue weighted by atomic mass is 9.71. The minimum atomic E-state index is -0.715. The summed E-state index contributed by atoms with van der Waals surface area (Å²) in [4.78, 5) is 44.1. The number of hydrogen-bond donors (Lipinski definition) is 0. The van der Waals surface area contributed by atoms with Gasteiger partial charge in [-0.25, -0.2) is 4.90 Å². The van der Waals surface area contributed by atoms with Gasteiger partial charge in [0.2, 0.25) is 17.6 Å². The summed E-state index contributed by atoms with van der Waals surface area (Å²) in [6.45, 7) is 0. The van der Waals surface area contributed by atoms with Gasteiger partial charge >= 0.3 is 0 Å². The second kappa shape index (κ2) is 7.92. The molecule has 4 aliphatic heterocycles. The zero-order valence-corrected chi connectivity index (χ0v) is 19.4. The maximum atomic E-state index is 13.5. The number of nitro benzene ring substituents is 1. The minimum absolute atomic E-state index is 0.129. The number of nitro groups is 1. The quantitative estimate of drug-likeness (QED) is 0.334. The van der Waals surface area contributed by atoms with Crippen LogP contribution in [0.15, 0.2) is 41.6 Å². The van der Waals surface area contributed by atoms with Crippen molar-refractivity contribution in [2.45, 2.75) is 18.3 Å². The molecule has 2 aromatic rings. The molecule has 2 amide bonds. The van der Waals surface area contributed by atoms with Gasteiger partial charge < -0.3 is 23.8 Å². The zero-order valence-electron chi connectivity index (χ0n) is 19.4. The van der Waals surface area contributed by atoms with Gasteiger partial charge in [-0.05, 0) is 24.3 Å². The van der Waals surface area contributed by atoms with E-state index in [2.05, 4.69) is 5.16 Å². The summed E-state index contributed by atoms with van der Waals surface area (Å²) in [6.07, 6.45) is -1.79. The molecule has 12 heteroatoms. The fourth-order valence-corrected chi connectivity index (χ4v) is 5.80. The Bertz CT molecular complexity index is 1300. The summed E-state index contributed by atoms with van der Waals surface area (Å²) in [6, 6.07) is 8.83. The molecule has 12 nitrogen and oxygen atoms in total. The van der Waals surface area contributed by atoms with Gasteiger partial charge in [0.1, 0.15) is 6.10 Å². The van der Waals surface area contributed by atoms with Crippen LogP contribution in [0.3, 0.4) is 0 Å². The molecule has 0 N–H and O–H groups in total. The summed E-state index contributed by atoms with van der Waals surface area (Å²) in [5, 5.41) is 15.3. The number of oxime groups is 1. The monoisotopic (exact) mass is 495 g/mol. The number of non-ortho nitro benzene ring substituents is 1. The Morgan fingerprint density at radius 1 is 0.889 bits per heavy atom. The van der Waals surface area contributed by atoms with Crippen LogP contribution in [0.1, 0.15) is 5.56 Å². The Hall–Kier alpha value is -4.19. The number of fused-ring (bicyclic) bond motifs is 8. The van der Waals surface area contributed by atoms with Crippen LogP contribution in [0, 0.1) is 27.9 Å². The first-order valence-corrected chi connectivity index (χ1v) is 11.2. The normalized spacial score (nSPS) is 29.5. The number of hydrogen-bond acceptors (Lipinski definition) is 10. The molecule has 0 saturated carbocycles. The third-order valence-electron chi connectivity index (χ3n) is 7.32. The van der Waals surface area contributed by atoms with Gasteiger partial charge in [-0.2, -0.15) is 0 Å². The van der Waals surface area contributed by atoms with Crippen LogP contribution in [0.4, 0.5) is 11.4 Å². The number of rotatable bonds is 6. The van der Waals surface area contributed by atoms with Gasteiger partial charge in [0, 0.05) is 17.7 Å². The molecule has 0 unspecified atom stereocenters. The molecule has 6 rings (SSSR count). The van der Waals surface area contributed by atoms with E-state index in [1.165, 1.54) is 45.6 Å². The van der Waals surface area contributed by atoms with E-state index in [4.69, 9.17) is 23.8 Å². The van der Waals surface area contributed by atoms with E-state index in [1.807, 2.05) is 0 Å². The Kier molecular flexibility index (Phi) is 4.90. The number of ether oxygens (including phenoxy) is 4. The number of nitrogens with zero attached hydrogens (tertiary/aromatic N) is 3. The van der Waals surface area contributed by atoms with E-state index in [0.717, 1.165) is 4.90 Å². The van der Waals surface area contributed by atoms with Crippen molar-refractivity contribution in [1.82, 2.24) is 0 Å². The molecule has 2 bridgehead atoms. The summed E-state index contributed by atoms with van der Waals surface area (Å²) in [5.74, 6) is -1.31. The van der Waals surface area contributed by atoms with E-state index in [1.54, 1.807) is 12.1 Å². The highest BCUT2D eigenvalue weighted by Crippen LogP contribution is 2.55. The average molecular weight is 495 g/mol. The van der Waals surface area contributed by atoms with E-state index in [9.17, 15) is 19.7 Å². The van der Waals surface area contributed by atoms with Crippen molar-refractivity contribution in [3.63, 3.8) is 0 Å². The van der Waals surface area contributed by atoms with Crippen LogP contribution in [-0.4, -0.2) is 62.1 Å². The number of carbonyl (C=O) groups is 2. The lowest BCUT2D eigenvalue weighted by molar-refractivity contribution is -0.384. The van der Waals surface area contributed by atoms with Gasteiger partial charge in [0.05, 0.1) is 61.5 Å². The van der Waals surface area contributed by atoms with E-state index in [-0.39, 0.29) is 17.3 Å². The molecular formula is C24H21N3O9. The molecule has 0 radical (unpaired) electrons. The van der Waals surface area contributed by atoms with Crippen LogP contribution < -0.4 is 19.1 Å². The third kappa shape index (κ3) is 2.87. The second-order valence-corrected chi connectivity index (χ2v) is 8.89. The van der Waals surface area contributed by atoms with Crippen molar-refractivity contribution in [2.75, 3.05) is 26.2 Å². The van der Waals surface area contributed by atoms with Gasteiger partial charge in [0.15, 0.2) is 17.6 Å². The minimum Gasteiger partial charge on any atom is -0.493 e. The van der Waals surface area contributed by atoms with Crippen LogP contribution in [0.2, 0.25) is 0 Å². The van der Waals surface area contributed by atoms with Crippen LogP contribution >= 0.6 is 0 Å². The van der Waals surface area contributed by atoms with Crippen molar-refractivity contribution < 1.29 is 38.3 Å². The van der Waals surface area contributed by atoms with Crippen molar-refractivity contribution in [3.8, 4) is 17.2 Å². The van der Waals surface area contributed by atoms with Crippen molar-refractivity contribution >= 4 is 28.9 Å². The molecule has 0 aromatic heterocycles. The highest BCUT2D eigenvalue weighted by molar-refractivity contribution is 6.23. The predicted octanol–water partition coefficient (Wildman–Crippen LogP) is 1.93. The number of benzene rings is 2. The summed E-state index contributed by atoms with van der Waals surface area (Å²) in [7, 11) is 4.53. The largest absolute Gasteiger partial charge is 0.493 e. The van der Waals surface area contributed by atoms with Gasteiger partial charge in [-0.15, -0.1) is 0 Å². The number of methoxy groups -OCH3 is 3. The van der Waals surface area contributed by atoms with Gasteiger partial charge in [0.25, 0.3) is 5.69 Å². The Balaban J connectivity index is 1.33. The SMILES string of the molecule is COc1cc(C2=NO[C@H]3[C@H]4O[C@@H]([C@@H]23)[C@@H]2C(=O)N(c3ccc([N+](=O)[O-])cc3)C(=O)[C@H]42)cc(OC)c1OC. The fraction of sp³-hybridized carbons (Fsp3) is 0.375. The molecule has 3 fully saturated rings. The molecule has 0 aliphatic carbocycles. The fourth-order valence-electron chi connectivity index (χ4n) is 5.80. The summed E-state index contributed by atoms with van der Waals surface area (Å²) < 4.78 is 22.5. The highest BCUT2D eigenvalue weighted by Gasteiger charge is 2.72. The van der Waals surface area contributed by atoms with E-state index >= 15 is 0 Å². The van der Waals surface area contributed by atoms with Crippen LogP contribution in [0.5, 0.6) is 17.2 Å². The summed E-state index contributed by atoms with van der Waals surface area (Å²) in [5.41, 5.74) is 1.39. The van der Waals surface area contributed by atoms with Crippen molar-refractivity contribution in [2.24, 2.45) is 22.9 Å². The molecule has 2 aromatic carbocycles. The Morgan fingerprint density at radius 3 is 2.06 bits per heavy atom. The lowest BCUT2D eigenvalue weighted by Crippen LogP contribution is -2.45. The summed E-state index contributed by atoms with van der Waals surface area (Å²) >= 11 is 0. The lowest BCUT2D eigenvalue weighted by Gasteiger charge is -2.26. The first-order valence-electron chi connectivity index (χ1n) is 11.2. The number of carbonyl (C=O) groups excluding carboxylic acids is 2. The smallest absolute Gasteiger partial charge is 0.269 e. The topological polar surface area (TPSA) is 139 Å². The first kappa shape index (κ1) is 22.3. The highest BCUT2D eigenvalue weighted by atomic mass is 16.7. The molecule has 6 atom stereocenters. The molecule has 4 aliphatic rings. The molecule has 0 spiro atoms. The van der Waals surface area contributed by atoms with Crippen molar-refractivity contribution in [3.05, 3.63) is 52.1 Å². The Morgan fingerprint density at radius 2 is 1.50 bits per heavy atom. The number of anilines is 1. The first-order chi connectivity index (χ1) is 17.4. The maximum Gasteiger partial charge on any atom is 0.269 e. The maximum absolute atomic E-state index is 13.5. The molecular weight excluding hydrogens is 474 g/mol. The molecule has 186 valence electrons. The standard InChI is InChI=1S/C24H21N3O9/c1-32-13-8-10(9-14(33-2)19(13)34-3)18-17-20-15-16(21(35-20)22(17)36-25-18)24(29)26(23(15)28)11-4-6-12(7-5-11)27(30)31/h4-9,15-17,20-22H,1-3H3/t15-,16+,17-,20-,21+,22-/m1/s1. The number of imide groups is 1. The molecule has 3 saturated heterocycles. The van der Waals surface area contributed by atoms with Crippen molar-refractivity contribution in [1.29, 1.82) is 0 Å².